The van der Waals surface area contributed by atoms with Gasteiger partial charge >= 0.3 is 0 Å². The highest BCUT2D eigenvalue weighted by atomic mass is 32.2. The first-order valence-corrected chi connectivity index (χ1v) is 10.3. The Hall–Kier alpha value is -1.18. The maximum absolute atomic E-state index is 13.1. The number of hydrogen-bond acceptors (Lipinski definition) is 4. The van der Waals surface area contributed by atoms with Gasteiger partial charge in [-0.15, -0.1) is 11.3 Å². The number of nitrogens with zero attached hydrogens (tertiary/aromatic N) is 3. The van der Waals surface area contributed by atoms with Gasteiger partial charge in [-0.3, -0.25) is 4.68 Å². The first kappa shape index (κ1) is 16.7. The minimum atomic E-state index is -3.50. The van der Waals surface area contributed by atoms with E-state index in [0.29, 0.717) is 29.6 Å². The highest BCUT2D eigenvalue weighted by molar-refractivity contribution is 7.89. The molecule has 7 heteroatoms. The summed E-state index contributed by atoms with van der Waals surface area (Å²) in [7, 11) is -3.50. The number of hydrogen-bond donors (Lipinski definition) is 0. The van der Waals surface area contributed by atoms with Gasteiger partial charge in [0.2, 0.25) is 10.0 Å². The quantitative estimate of drug-likeness (QED) is 0.844. The standard InChI is InChI=1S/C16H23N3O2S2/c1-12(2)19-11-15(16(17-19)14-5-4-10-22-14)23(20,21)18-8-6-13(3)7-9-18/h4-5,10-13H,6-9H2,1-3H3. The number of aromatic nitrogens is 2. The molecule has 2 aromatic heterocycles. The maximum atomic E-state index is 13.1. The second kappa shape index (κ2) is 6.37. The van der Waals surface area contributed by atoms with E-state index in [-0.39, 0.29) is 6.04 Å². The fourth-order valence-electron chi connectivity index (χ4n) is 2.78. The van der Waals surface area contributed by atoms with Gasteiger partial charge in [-0.1, -0.05) is 13.0 Å². The van der Waals surface area contributed by atoms with Crippen LogP contribution in [0.5, 0.6) is 0 Å². The first-order chi connectivity index (χ1) is 10.9. The van der Waals surface area contributed by atoms with Gasteiger partial charge in [-0.2, -0.15) is 9.40 Å². The van der Waals surface area contributed by atoms with E-state index in [1.807, 2.05) is 31.4 Å². The molecule has 5 nitrogen and oxygen atoms in total. The van der Waals surface area contributed by atoms with Crippen LogP contribution in [0.15, 0.2) is 28.6 Å². The van der Waals surface area contributed by atoms with Crippen LogP contribution >= 0.6 is 11.3 Å². The van der Waals surface area contributed by atoms with Crippen LogP contribution in [0.4, 0.5) is 0 Å². The number of sulfonamides is 1. The molecular formula is C16H23N3O2S2. The van der Waals surface area contributed by atoms with Crippen LogP contribution < -0.4 is 0 Å². The summed E-state index contributed by atoms with van der Waals surface area (Å²) >= 11 is 1.52. The first-order valence-electron chi connectivity index (χ1n) is 8.02. The largest absolute Gasteiger partial charge is 0.268 e. The molecule has 0 aliphatic carbocycles. The van der Waals surface area contributed by atoms with E-state index in [9.17, 15) is 8.42 Å². The summed E-state index contributed by atoms with van der Waals surface area (Å²) in [4.78, 5) is 1.23. The van der Waals surface area contributed by atoms with E-state index in [4.69, 9.17) is 0 Å². The molecule has 1 saturated heterocycles. The van der Waals surface area contributed by atoms with Gasteiger partial charge in [0.1, 0.15) is 10.6 Å². The Labute approximate surface area is 142 Å². The summed E-state index contributed by atoms with van der Waals surface area (Å²) in [5.74, 6) is 0.594. The van der Waals surface area contributed by atoms with Crippen molar-refractivity contribution in [1.82, 2.24) is 14.1 Å². The van der Waals surface area contributed by atoms with E-state index in [2.05, 4.69) is 12.0 Å². The van der Waals surface area contributed by atoms with Crippen LogP contribution in [0.3, 0.4) is 0 Å². The van der Waals surface area contributed by atoms with Crippen molar-refractivity contribution in [3.05, 3.63) is 23.7 Å². The summed E-state index contributed by atoms with van der Waals surface area (Å²) in [5, 5.41) is 6.50. The lowest BCUT2D eigenvalue weighted by atomic mass is 10.0. The Balaban J connectivity index is 2.04. The molecule has 0 amide bonds. The summed E-state index contributed by atoms with van der Waals surface area (Å²) < 4.78 is 29.6. The average Bonchev–Trinajstić information content (AvgIpc) is 3.17. The number of rotatable bonds is 4. The zero-order valence-corrected chi connectivity index (χ0v) is 15.4. The molecule has 1 aliphatic heterocycles. The minimum absolute atomic E-state index is 0.124. The van der Waals surface area contributed by atoms with E-state index < -0.39 is 10.0 Å². The summed E-state index contributed by atoms with van der Waals surface area (Å²) in [6.07, 6.45) is 3.53. The van der Waals surface area contributed by atoms with Crippen molar-refractivity contribution in [2.45, 2.75) is 44.6 Å². The van der Waals surface area contributed by atoms with Crippen molar-refractivity contribution in [1.29, 1.82) is 0 Å². The number of thiophene rings is 1. The normalized spacial score (nSPS) is 17.9. The molecule has 0 atom stereocenters. The molecule has 1 fully saturated rings. The van der Waals surface area contributed by atoms with Crippen LogP contribution in [0.2, 0.25) is 0 Å². The fourth-order valence-corrected chi connectivity index (χ4v) is 5.17. The summed E-state index contributed by atoms with van der Waals surface area (Å²) in [5.41, 5.74) is 0.576. The molecule has 0 N–H and O–H groups in total. The smallest absolute Gasteiger partial charge is 0.246 e. The van der Waals surface area contributed by atoms with Crippen molar-refractivity contribution < 1.29 is 8.42 Å². The van der Waals surface area contributed by atoms with Crippen molar-refractivity contribution in [3.63, 3.8) is 0 Å². The average molecular weight is 354 g/mol. The van der Waals surface area contributed by atoms with Gasteiger partial charge in [-0.25, -0.2) is 8.42 Å². The molecule has 1 aliphatic rings. The molecule has 0 radical (unpaired) electrons. The van der Waals surface area contributed by atoms with E-state index in [1.165, 1.54) is 11.3 Å². The van der Waals surface area contributed by atoms with Crippen molar-refractivity contribution in [3.8, 4) is 10.6 Å². The zero-order valence-electron chi connectivity index (χ0n) is 13.8. The van der Waals surface area contributed by atoms with Gasteiger partial charge in [0.15, 0.2) is 0 Å². The highest BCUT2D eigenvalue weighted by Gasteiger charge is 2.32. The number of piperidine rings is 1. The molecule has 2 aromatic rings. The van der Waals surface area contributed by atoms with Gasteiger partial charge in [-0.05, 0) is 44.1 Å². The Morgan fingerprint density at radius 3 is 2.57 bits per heavy atom. The third-order valence-corrected chi connectivity index (χ3v) is 7.12. The Morgan fingerprint density at radius 1 is 1.30 bits per heavy atom. The van der Waals surface area contributed by atoms with Crippen molar-refractivity contribution in [2.24, 2.45) is 5.92 Å². The van der Waals surface area contributed by atoms with Crippen LogP contribution in [0.1, 0.15) is 39.7 Å². The molecular weight excluding hydrogens is 330 g/mol. The predicted molar refractivity (Wildman–Crippen MR) is 93.1 cm³/mol. The van der Waals surface area contributed by atoms with E-state index in [1.54, 1.807) is 15.2 Å². The molecule has 0 spiro atoms. The monoisotopic (exact) mass is 353 g/mol. The molecule has 0 unspecified atom stereocenters. The maximum Gasteiger partial charge on any atom is 0.246 e. The van der Waals surface area contributed by atoms with Crippen molar-refractivity contribution >= 4 is 21.4 Å². The molecule has 126 valence electrons. The molecule has 0 bridgehead atoms. The molecule has 0 saturated carbocycles. The third-order valence-electron chi connectivity index (χ3n) is 4.34. The zero-order chi connectivity index (χ0) is 16.6. The van der Waals surface area contributed by atoms with Gasteiger partial charge in [0.05, 0.1) is 4.88 Å². The SMILES string of the molecule is CC1CCN(S(=O)(=O)c2cn(C(C)C)nc2-c2cccs2)CC1. The van der Waals surface area contributed by atoms with Crippen LogP contribution in [-0.4, -0.2) is 35.6 Å². The van der Waals surface area contributed by atoms with Crippen molar-refractivity contribution in [2.75, 3.05) is 13.1 Å². The lowest BCUT2D eigenvalue weighted by molar-refractivity contribution is 0.288. The second-order valence-electron chi connectivity index (χ2n) is 6.48. The van der Waals surface area contributed by atoms with Gasteiger partial charge in [0, 0.05) is 25.3 Å². The Bertz CT molecular complexity index is 755. The minimum Gasteiger partial charge on any atom is -0.268 e. The van der Waals surface area contributed by atoms with Crippen LogP contribution in [-0.2, 0) is 10.0 Å². The highest BCUT2D eigenvalue weighted by Crippen LogP contribution is 2.33. The van der Waals surface area contributed by atoms with Crippen LogP contribution in [0.25, 0.3) is 10.6 Å². The fraction of sp³-hybridized carbons (Fsp3) is 0.562. The van der Waals surface area contributed by atoms with E-state index >= 15 is 0 Å². The summed E-state index contributed by atoms with van der Waals surface area (Å²) in [6.45, 7) is 7.38. The second-order valence-corrected chi connectivity index (χ2v) is 9.33. The molecule has 0 aromatic carbocycles. The molecule has 3 heterocycles. The molecule has 3 rings (SSSR count). The lowest BCUT2D eigenvalue weighted by Gasteiger charge is -2.29. The van der Waals surface area contributed by atoms with Crippen LogP contribution in [0, 0.1) is 5.92 Å². The topological polar surface area (TPSA) is 55.2 Å². The predicted octanol–water partition coefficient (Wildman–Crippen LogP) is 3.61. The third kappa shape index (κ3) is 3.22. The van der Waals surface area contributed by atoms with Gasteiger partial charge < -0.3 is 0 Å². The lowest BCUT2D eigenvalue weighted by Crippen LogP contribution is -2.37. The Morgan fingerprint density at radius 2 is 2.00 bits per heavy atom. The molecule has 23 heavy (non-hydrogen) atoms. The van der Waals surface area contributed by atoms with Gasteiger partial charge in [0.25, 0.3) is 0 Å². The Kier molecular flexibility index (Phi) is 4.62. The van der Waals surface area contributed by atoms with E-state index in [0.717, 1.165) is 17.7 Å². The summed E-state index contributed by atoms with van der Waals surface area (Å²) in [6, 6.07) is 3.97.